The second-order valence-corrected chi connectivity index (χ2v) is 10.1. The highest BCUT2D eigenvalue weighted by atomic mass is 28.3. The van der Waals surface area contributed by atoms with Gasteiger partial charge in [-0.3, -0.25) is 14.4 Å². The van der Waals surface area contributed by atoms with Gasteiger partial charge in [0, 0.05) is 35.2 Å². The first-order chi connectivity index (χ1) is 15.1. The molecule has 0 fully saturated rings. The quantitative estimate of drug-likeness (QED) is 0.454. The van der Waals surface area contributed by atoms with Crippen molar-refractivity contribution < 1.29 is 14.4 Å². The Morgan fingerprint density at radius 2 is 0.742 bits per heavy atom. The highest BCUT2D eigenvalue weighted by Crippen LogP contribution is 2.00. The van der Waals surface area contributed by atoms with Crippen molar-refractivity contribution in [2.24, 2.45) is 0 Å². The van der Waals surface area contributed by atoms with E-state index in [4.69, 9.17) is 0 Å². The highest BCUT2D eigenvalue weighted by molar-refractivity contribution is 6.60. The van der Waals surface area contributed by atoms with E-state index >= 15 is 0 Å². The van der Waals surface area contributed by atoms with Crippen molar-refractivity contribution in [3.63, 3.8) is 0 Å². The average molecular weight is 432 g/mol. The number of nitrogens with one attached hydrogen (secondary N) is 3. The molecule has 0 atom stereocenters. The zero-order chi connectivity index (χ0) is 21.9. The lowest BCUT2D eigenvalue weighted by molar-refractivity contribution is 0.0955. The molecule has 0 saturated carbocycles. The second kappa shape index (κ2) is 11.5. The Morgan fingerprint density at radius 3 is 1.00 bits per heavy atom. The van der Waals surface area contributed by atoms with Crippen LogP contribution in [0.1, 0.15) is 31.1 Å². The molecule has 3 N–H and O–H groups in total. The van der Waals surface area contributed by atoms with Crippen molar-refractivity contribution in [3.8, 4) is 0 Å². The molecule has 0 aromatic heterocycles. The summed E-state index contributed by atoms with van der Waals surface area (Å²) in [5.74, 6) is -0.495. The Morgan fingerprint density at radius 1 is 0.484 bits per heavy atom. The topological polar surface area (TPSA) is 87.3 Å². The van der Waals surface area contributed by atoms with Crippen molar-refractivity contribution in [2.45, 2.75) is 0 Å². The van der Waals surface area contributed by atoms with Crippen molar-refractivity contribution in [1.29, 1.82) is 0 Å². The molecule has 7 heteroatoms. The van der Waals surface area contributed by atoms with Gasteiger partial charge in [0.05, 0.1) is 0 Å². The van der Waals surface area contributed by atoms with E-state index in [0.29, 0.717) is 35.2 Å². The van der Waals surface area contributed by atoms with Crippen molar-refractivity contribution in [2.75, 3.05) is 18.5 Å². The number of carbonyl (C=O) groups excluding carboxylic acids is 3. The van der Waals surface area contributed by atoms with Crippen LogP contribution in [0.25, 0.3) is 0 Å². The molecular weight excluding hydrogens is 406 g/mol. The van der Waals surface area contributed by atoms with Crippen molar-refractivity contribution >= 4 is 26.5 Å². The van der Waals surface area contributed by atoms with Crippen LogP contribution in [0.5, 0.6) is 0 Å². The van der Waals surface area contributed by atoms with Crippen LogP contribution in [0.2, 0.25) is 0 Å². The Labute approximate surface area is 183 Å². The van der Waals surface area contributed by atoms with Gasteiger partial charge in [0.1, 0.15) is 8.80 Å². The number of rotatable bonds is 9. The second-order valence-electron chi connectivity index (χ2n) is 7.09. The minimum absolute atomic E-state index is 0.165. The van der Waals surface area contributed by atoms with Gasteiger partial charge in [-0.2, -0.15) is 0 Å². The van der Waals surface area contributed by atoms with E-state index in [-0.39, 0.29) is 17.7 Å². The maximum absolute atomic E-state index is 12.4. The van der Waals surface area contributed by atoms with Gasteiger partial charge in [0.2, 0.25) is 0 Å². The van der Waals surface area contributed by atoms with Gasteiger partial charge in [0.25, 0.3) is 17.7 Å². The molecule has 0 aliphatic carbocycles. The number of hydrogen-bond acceptors (Lipinski definition) is 3. The molecule has 0 heterocycles. The molecule has 0 aliphatic heterocycles. The first-order valence-electron chi connectivity index (χ1n) is 10.1. The van der Waals surface area contributed by atoms with E-state index in [1.807, 2.05) is 54.6 Å². The molecule has 0 bridgehead atoms. The predicted molar refractivity (Wildman–Crippen MR) is 123 cm³/mol. The van der Waals surface area contributed by atoms with Gasteiger partial charge in [-0.05, 0) is 36.4 Å². The van der Waals surface area contributed by atoms with E-state index in [9.17, 15) is 14.4 Å². The molecule has 3 rings (SSSR count). The smallest absolute Gasteiger partial charge is 0.250 e. The molecule has 0 radical (unpaired) electrons. The molecule has 0 spiro atoms. The standard InChI is InChI=1S/C24H25N3O3Si/c28-22(19-10-4-1-5-11-19)25-16-31(17-26-23(29)20-12-6-2-7-13-20)18-27-24(30)21-14-8-3-9-15-21/h1-15,31H,16-18H2,(H,25,28)(H,26,29)(H,27,30). The summed E-state index contributed by atoms with van der Waals surface area (Å²) >= 11 is 0. The van der Waals surface area contributed by atoms with E-state index < -0.39 is 8.80 Å². The van der Waals surface area contributed by atoms with Crippen LogP contribution in [0.4, 0.5) is 0 Å². The van der Waals surface area contributed by atoms with Crippen LogP contribution in [0.15, 0.2) is 91.0 Å². The maximum Gasteiger partial charge on any atom is 0.250 e. The van der Waals surface area contributed by atoms with E-state index in [1.165, 1.54) is 0 Å². The number of benzene rings is 3. The summed E-state index contributed by atoms with van der Waals surface area (Å²) in [6.07, 6.45) is 1.33. The summed E-state index contributed by atoms with van der Waals surface area (Å²) in [5, 5.41) is 8.84. The zero-order valence-corrected chi connectivity index (χ0v) is 18.2. The molecule has 0 saturated heterocycles. The fraction of sp³-hybridized carbons (Fsp3) is 0.125. The number of carbonyl (C=O) groups is 3. The Kier molecular flexibility index (Phi) is 8.13. The molecule has 6 nitrogen and oxygen atoms in total. The molecule has 0 aliphatic rings. The van der Waals surface area contributed by atoms with E-state index in [2.05, 4.69) is 16.0 Å². The van der Waals surface area contributed by atoms with Gasteiger partial charge in [0.15, 0.2) is 0 Å². The fourth-order valence-electron chi connectivity index (χ4n) is 3.00. The molecular formula is C24H25N3O3Si. The number of hydrogen-bond donors (Lipinski definition) is 3. The average Bonchev–Trinajstić information content (AvgIpc) is 2.84. The fourth-order valence-corrected chi connectivity index (χ4v) is 4.86. The summed E-state index contributed by atoms with van der Waals surface area (Å²) in [6.45, 7) is 0. The van der Waals surface area contributed by atoms with Gasteiger partial charge in [-0.25, -0.2) is 0 Å². The molecule has 31 heavy (non-hydrogen) atoms. The minimum Gasteiger partial charge on any atom is -0.355 e. The lowest BCUT2D eigenvalue weighted by Gasteiger charge is -2.18. The van der Waals surface area contributed by atoms with Crippen molar-refractivity contribution in [3.05, 3.63) is 108 Å². The number of amides is 3. The SMILES string of the molecule is O=C(NC[SiH](CNC(=O)c1ccccc1)CNC(=O)c1ccccc1)c1ccccc1. The van der Waals surface area contributed by atoms with Gasteiger partial charge in [-0.1, -0.05) is 54.6 Å². The van der Waals surface area contributed by atoms with Crippen LogP contribution in [0.3, 0.4) is 0 Å². The predicted octanol–water partition coefficient (Wildman–Crippen LogP) is 2.12. The Bertz CT molecular complexity index is 866. The van der Waals surface area contributed by atoms with E-state index in [0.717, 1.165) is 0 Å². The van der Waals surface area contributed by atoms with E-state index in [1.54, 1.807) is 36.4 Å². The zero-order valence-electron chi connectivity index (χ0n) is 17.1. The van der Waals surface area contributed by atoms with Crippen LogP contribution in [-0.2, 0) is 0 Å². The first kappa shape index (κ1) is 22.0. The summed E-state index contributed by atoms with van der Waals surface area (Å²) in [7, 11) is -1.77. The third kappa shape index (κ3) is 6.93. The molecule has 0 unspecified atom stereocenters. The summed E-state index contributed by atoms with van der Waals surface area (Å²) in [4.78, 5) is 37.2. The lowest BCUT2D eigenvalue weighted by Crippen LogP contribution is -2.50. The first-order valence-corrected chi connectivity index (χ1v) is 12.6. The monoisotopic (exact) mass is 431 g/mol. The van der Waals surface area contributed by atoms with Crippen LogP contribution in [0, 0.1) is 0 Å². The van der Waals surface area contributed by atoms with Crippen LogP contribution >= 0.6 is 0 Å². The molecule has 3 amide bonds. The summed E-state index contributed by atoms with van der Waals surface area (Å²) in [5.41, 5.74) is 1.74. The summed E-state index contributed by atoms with van der Waals surface area (Å²) < 4.78 is 0. The van der Waals surface area contributed by atoms with Crippen LogP contribution < -0.4 is 16.0 Å². The summed E-state index contributed by atoms with van der Waals surface area (Å²) in [6, 6.07) is 26.9. The molecule has 3 aromatic rings. The molecule has 3 aromatic carbocycles. The molecule has 158 valence electrons. The van der Waals surface area contributed by atoms with Gasteiger partial charge >= 0.3 is 0 Å². The largest absolute Gasteiger partial charge is 0.355 e. The normalized spacial score (nSPS) is 10.4. The van der Waals surface area contributed by atoms with Crippen LogP contribution in [-0.4, -0.2) is 45.0 Å². The van der Waals surface area contributed by atoms with Crippen molar-refractivity contribution in [1.82, 2.24) is 16.0 Å². The van der Waals surface area contributed by atoms with Gasteiger partial charge in [-0.15, -0.1) is 0 Å². The Hall–Kier alpha value is -3.71. The third-order valence-electron chi connectivity index (χ3n) is 4.76. The lowest BCUT2D eigenvalue weighted by atomic mass is 10.2. The Balaban J connectivity index is 1.59. The minimum atomic E-state index is -1.77. The highest BCUT2D eigenvalue weighted by Gasteiger charge is 2.17. The van der Waals surface area contributed by atoms with Gasteiger partial charge < -0.3 is 16.0 Å². The third-order valence-corrected chi connectivity index (χ3v) is 7.11. The maximum atomic E-state index is 12.4.